The van der Waals surface area contributed by atoms with Gasteiger partial charge < -0.3 is 14.2 Å². The van der Waals surface area contributed by atoms with E-state index in [-0.39, 0.29) is 17.2 Å². The minimum atomic E-state index is -4.71. The number of carbonyl (C=O) groups excluding carboxylic acids is 1. The van der Waals surface area contributed by atoms with Crippen LogP contribution in [-0.2, 0) is 10.4 Å². The number of benzene rings is 2. The van der Waals surface area contributed by atoms with Crippen LogP contribution in [0.3, 0.4) is 0 Å². The van der Waals surface area contributed by atoms with E-state index in [1.54, 1.807) is 24.3 Å². The van der Waals surface area contributed by atoms with Crippen LogP contribution in [0.4, 0.5) is 5.69 Å². The molecule has 2 aromatic carbocycles. The van der Waals surface area contributed by atoms with Crippen molar-refractivity contribution in [2.75, 3.05) is 5.32 Å². The molecule has 1 amide bonds. The molecule has 7 nitrogen and oxygen atoms in total. The second kappa shape index (κ2) is 4.76. The number of rotatable bonds is 2. The molecular weight excluding hydrogens is 298 g/mol. The number of amides is 1. The predicted octanol–water partition coefficient (Wildman–Crippen LogP) is 2.23. The molecule has 0 bridgehead atoms. The van der Waals surface area contributed by atoms with Crippen LogP contribution < -0.4 is 14.2 Å². The number of anilines is 1. The molecule has 3 rings (SSSR count). The van der Waals surface area contributed by atoms with E-state index in [1.807, 2.05) is 0 Å². The van der Waals surface area contributed by atoms with Crippen molar-refractivity contribution in [3.63, 3.8) is 0 Å². The van der Waals surface area contributed by atoms with Gasteiger partial charge in [0.25, 0.3) is 5.91 Å². The van der Waals surface area contributed by atoms with Crippen LogP contribution in [-0.4, -0.2) is 18.9 Å². The third-order valence-electron chi connectivity index (χ3n) is 2.77. The Morgan fingerprint density at radius 3 is 2.52 bits per heavy atom. The molecule has 0 fully saturated rings. The smallest absolute Gasteiger partial charge is 0.446 e. The summed E-state index contributed by atoms with van der Waals surface area (Å²) >= 11 is 0. The van der Waals surface area contributed by atoms with Gasteiger partial charge in [-0.2, -0.15) is 8.42 Å². The fraction of sp³-hybridized carbons (Fsp3) is 0. The van der Waals surface area contributed by atoms with Gasteiger partial charge in [0, 0.05) is 0 Å². The SMILES string of the molecule is O=C1Nc2c(cccc2OS(=O)(=O)O)Oc2ccccc21. The first-order chi connectivity index (χ1) is 9.94. The second-order valence-corrected chi connectivity index (χ2v) is 5.21. The molecule has 0 aromatic heterocycles. The van der Waals surface area contributed by atoms with Crippen molar-refractivity contribution in [1.29, 1.82) is 0 Å². The number of hydrogen-bond donors (Lipinski definition) is 2. The summed E-state index contributed by atoms with van der Waals surface area (Å²) in [6, 6.07) is 10.9. The summed E-state index contributed by atoms with van der Waals surface area (Å²) in [7, 11) is -4.71. The summed E-state index contributed by atoms with van der Waals surface area (Å²) in [6.45, 7) is 0. The summed E-state index contributed by atoms with van der Waals surface area (Å²) in [4.78, 5) is 12.1. The third kappa shape index (κ3) is 2.67. The Bertz CT molecular complexity index is 830. The van der Waals surface area contributed by atoms with Crippen LogP contribution in [0.15, 0.2) is 42.5 Å². The minimum absolute atomic E-state index is 0.0244. The van der Waals surface area contributed by atoms with Gasteiger partial charge in [-0.05, 0) is 24.3 Å². The lowest BCUT2D eigenvalue weighted by molar-refractivity contribution is 0.102. The van der Waals surface area contributed by atoms with E-state index in [9.17, 15) is 13.2 Å². The van der Waals surface area contributed by atoms with Crippen molar-refractivity contribution in [2.24, 2.45) is 0 Å². The van der Waals surface area contributed by atoms with Crippen LogP contribution in [0, 0.1) is 0 Å². The van der Waals surface area contributed by atoms with Gasteiger partial charge in [0.1, 0.15) is 11.4 Å². The van der Waals surface area contributed by atoms with Gasteiger partial charge in [-0.1, -0.05) is 18.2 Å². The highest BCUT2D eigenvalue weighted by Crippen LogP contribution is 2.41. The molecule has 108 valence electrons. The van der Waals surface area contributed by atoms with Gasteiger partial charge in [0.2, 0.25) is 0 Å². The summed E-state index contributed by atoms with van der Waals surface area (Å²) in [6.07, 6.45) is 0. The summed E-state index contributed by atoms with van der Waals surface area (Å²) in [5.41, 5.74) is 0.322. The molecule has 0 saturated heterocycles. The average molecular weight is 307 g/mol. The molecule has 21 heavy (non-hydrogen) atoms. The first kappa shape index (κ1) is 13.4. The lowest BCUT2D eigenvalue weighted by atomic mass is 10.2. The molecule has 1 aliphatic heterocycles. The monoisotopic (exact) mass is 307 g/mol. The molecule has 0 saturated carbocycles. The molecule has 8 heteroatoms. The molecule has 1 heterocycles. The zero-order valence-electron chi connectivity index (χ0n) is 10.4. The topological polar surface area (TPSA) is 102 Å². The van der Waals surface area contributed by atoms with Crippen molar-refractivity contribution in [2.45, 2.75) is 0 Å². The van der Waals surface area contributed by atoms with Gasteiger partial charge in [0.15, 0.2) is 11.5 Å². The largest absolute Gasteiger partial charge is 0.454 e. The maximum absolute atomic E-state index is 12.1. The van der Waals surface area contributed by atoms with Gasteiger partial charge in [-0.3, -0.25) is 9.35 Å². The Balaban J connectivity index is 2.12. The van der Waals surface area contributed by atoms with Crippen molar-refractivity contribution in [1.82, 2.24) is 0 Å². The fourth-order valence-corrected chi connectivity index (χ4v) is 2.31. The van der Waals surface area contributed by atoms with Crippen LogP contribution in [0.25, 0.3) is 0 Å². The summed E-state index contributed by atoms with van der Waals surface area (Å²) < 4.78 is 40.5. The lowest BCUT2D eigenvalue weighted by Crippen LogP contribution is -2.13. The maximum atomic E-state index is 12.1. The van der Waals surface area contributed by atoms with Gasteiger partial charge in [-0.15, -0.1) is 0 Å². The quantitative estimate of drug-likeness (QED) is 0.825. The molecule has 0 spiro atoms. The number of carbonyl (C=O) groups is 1. The van der Waals surface area contributed by atoms with E-state index < -0.39 is 16.3 Å². The van der Waals surface area contributed by atoms with Gasteiger partial charge in [0.05, 0.1) is 5.56 Å². The Labute approximate surface area is 120 Å². The molecular formula is C13H9NO6S. The number of nitrogens with one attached hydrogen (secondary N) is 1. The first-order valence-corrected chi connectivity index (χ1v) is 7.19. The number of hydrogen-bond acceptors (Lipinski definition) is 5. The standard InChI is InChI=1S/C13H9NO6S/c15-13-8-4-1-2-5-9(8)19-10-6-3-7-11(12(10)14-13)20-21(16,17)18/h1-7H,(H,14,15)(H,16,17,18). The highest BCUT2D eigenvalue weighted by atomic mass is 32.3. The zero-order chi connectivity index (χ0) is 15.0. The van der Waals surface area contributed by atoms with Crippen LogP contribution in [0.2, 0.25) is 0 Å². The van der Waals surface area contributed by atoms with Crippen LogP contribution in [0.5, 0.6) is 17.2 Å². The van der Waals surface area contributed by atoms with Crippen molar-refractivity contribution in [3.05, 3.63) is 48.0 Å². The van der Waals surface area contributed by atoms with Crippen LogP contribution >= 0.6 is 0 Å². The number of ether oxygens (including phenoxy) is 1. The summed E-state index contributed by atoms with van der Waals surface area (Å²) in [5.74, 6) is -0.181. The Kier molecular flexibility index (Phi) is 3.04. The van der Waals surface area contributed by atoms with Crippen molar-refractivity contribution < 1.29 is 26.7 Å². The van der Waals surface area contributed by atoms with E-state index in [1.165, 1.54) is 18.2 Å². The molecule has 2 N–H and O–H groups in total. The third-order valence-corrected chi connectivity index (χ3v) is 3.16. The second-order valence-electron chi connectivity index (χ2n) is 4.19. The zero-order valence-corrected chi connectivity index (χ0v) is 11.3. The molecule has 0 unspecified atom stereocenters. The number of fused-ring (bicyclic) bond motifs is 2. The van der Waals surface area contributed by atoms with Crippen LogP contribution in [0.1, 0.15) is 10.4 Å². The molecule has 1 aliphatic rings. The minimum Gasteiger partial charge on any atom is -0.454 e. The number of para-hydroxylation sites is 2. The average Bonchev–Trinajstić information content (AvgIpc) is 2.55. The van der Waals surface area contributed by atoms with Gasteiger partial charge >= 0.3 is 10.4 Å². The maximum Gasteiger partial charge on any atom is 0.446 e. The van der Waals surface area contributed by atoms with E-state index in [4.69, 9.17) is 9.29 Å². The Hall–Kier alpha value is -2.58. The van der Waals surface area contributed by atoms with E-state index in [0.29, 0.717) is 11.3 Å². The predicted molar refractivity (Wildman–Crippen MR) is 73.1 cm³/mol. The summed E-state index contributed by atoms with van der Waals surface area (Å²) in [5, 5.41) is 2.51. The highest BCUT2D eigenvalue weighted by molar-refractivity contribution is 7.81. The fourth-order valence-electron chi connectivity index (χ4n) is 1.94. The van der Waals surface area contributed by atoms with E-state index in [0.717, 1.165) is 0 Å². The molecule has 2 aromatic rings. The first-order valence-electron chi connectivity index (χ1n) is 5.82. The Morgan fingerprint density at radius 1 is 1.05 bits per heavy atom. The van der Waals surface area contributed by atoms with Gasteiger partial charge in [-0.25, -0.2) is 0 Å². The molecule has 0 atom stereocenters. The normalized spacial score (nSPS) is 13.3. The molecule has 0 radical (unpaired) electrons. The lowest BCUT2D eigenvalue weighted by Gasteiger charge is -2.11. The Morgan fingerprint density at radius 2 is 1.76 bits per heavy atom. The molecule has 0 aliphatic carbocycles. The van der Waals surface area contributed by atoms with E-state index >= 15 is 0 Å². The van der Waals surface area contributed by atoms with Crippen molar-refractivity contribution in [3.8, 4) is 17.2 Å². The van der Waals surface area contributed by atoms with E-state index in [2.05, 4.69) is 9.50 Å². The highest BCUT2D eigenvalue weighted by Gasteiger charge is 2.24. The van der Waals surface area contributed by atoms with Crippen molar-refractivity contribution >= 4 is 22.0 Å².